The number of alkyl halides is 3. The highest BCUT2D eigenvalue weighted by molar-refractivity contribution is 5.98. The third-order valence-corrected chi connectivity index (χ3v) is 5.06. The molecular formula is C21H20F3NO3. The van der Waals surface area contributed by atoms with E-state index in [1.54, 1.807) is 20.0 Å². The van der Waals surface area contributed by atoms with Crippen LogP contribution in [0, 0.1) is 6.92 Å². The fraction of sp³-hybridized carbons (Fsp3) is 0.333. The number of anilines is 1. The smallest absolute Gasteiger partial charge is 0.405 e. The average molecular weight is 391 g/mol. The molecular weight excluding hydrogens is 371 g/mol. The van der Waals surface area contributed by atoms with Gasteiger partial charge in [0, 0.05) is 35.7 Å². The molecule has 0 radical (unpaired) electrons. The van der Waals surface area contributed by atoms with Gasteiger partial charge in [0.05, 0.1) is 0 Å². The molecule has 0 atom stereocenters. The molecule has 2 aromatic rings. The van der Waals surface area contributed by atoms with E-state index < -0.39 is 17.5 Å². The fourth-order valence-corrected chi connectivity index (χ4v) is 3.58. The molecule has 1 amide bonds. The molecule has 0 bridgehead atoms. The quantitative estimate of drug-likeness (QED) is 0.691. The molecule has 2 aromatic carbocycles. The molecule has 0 N–H and O–H groups in total. The molecule has 7 heteroatoms. The van der Waals surface area contributed by atoms with Gasteiger partial charge in [-0.05, 0) is 47.9 Å². The lowest BCUT2D eigenvalue weighted by molar-refractivity contribution is -0.274. The second-order valence-electron chi connectivity index (χ2n) is 7.62. The second kappa shape index (κ2) is 6.65. The van der Waals surface area contributed by atoms with Gasteiger partial charge in [-0.1, -0.05) is 19.9 Å². The Hall–Kier alpha value is -2.83. The minimum absolute atomic E-state index is 0.0688. The van der Waals surface area contributed by atoms with Crippen molar-refractivity contribution in [3.63, 3.8) is 0 Å². The number of aldehydes is 1. The van der Waals surface area contributed by atoms with E-state index in [4.69, 9.17) is 0 Å². The summed E-state index contributed by atoms with van der Waals surface area (Å²) in [6.07, 6.45) is -3.96. The molecule has 1 aliphatic heterocycles. The van der Waals surface area contributed by atoms with Gasteiger partial charge in [0.1, 0.15) is 12.0 Å². The van der Waals surface area contributed by atoms with Crippen LogP contribution < -0.4 is 9.64 Å². The maximum Gasteiger partial charge on any atom is 0.573 e. The molecule has 0 aliphatic carbocycles. The molecule has 3 rings (SSSR count). The van der Waals surface area contributed by atoms with Crippen molar-refractivity contribution in [1.29, 1.82) is 0 Å². The van der Waals surface area contributed by atoms with Crippen molar-refractivity contribution in [3.05, 3.63) is 47.0 Å². The Bertz CT molecular complexity index is 964. The largest absolute Gasteiger partial charge is 0.573 e. The molecule has 148 valence electrons. The lowest BCUT2D eigenvalue weighted by Crippen LogP contribution is -2.39. The Balaban J connectivity index is 2.25. The van der Waals surface area contributed by atoms with E-state index in [1.807, 2.05) is 19.9 Å². The minimum atomic E-state index is -4.87. The molecule has 0 saturated carbocycles. The zero-order chi connectivity index (χ0) is 20.9. The Kier molecular flexibility index (Phi) is 4.73. The first-order valence-electron chi connectivity index (χ1n) is 8.70. The first kappa shape index (κ1) is 19.9. The number of aryl methyl sites for hydroxylation is 1. The first-order chi connectivity index (χ1) is 12.9. The third-order valence-electron chi connectivity index (χ3n) is 5.06. The lowest BCUT2D eigenvalue weighted by atomic mass is 9.76. The number of carbonyl (C=O) groups excluding carboxylic acids is 2. The third kappa shape index (κ3) is 3.61. The van der Waals surface area contributed by atoms with E-state index in [1.165, 1.54) is 17.0 Å². The van der Waals surface area contributed by atoms with Crippen LogP contribution in [0.25, 0.3) is 11.1 Å². The van der Waals surface area contributed by atoms with Crippen molar-refractivity contribution in [2.75, 3.05) is 11.9 Å². The topological polar surface area (TPSA) is 46.6 Å². The van der Waals surface area contributed by atoms with Gasteiger partial charge in [0.2, 0.25) is 5.91 Å². The average Bonchev–Trinajstić information content (AvgIpc) is 2.58. The highest BCUT2D eigenvalue weighted by Crippen LogP contribution is 2.45. The minimum Gasteiger partial charge on any atom is -0.405 e. The number of nitrogens with zero attached hydrogens (tertiary/aromatic N) is 1. The van der Waals surface area contributed by atoms with Crippen LogP contribution >= 0.6 is 0 Å². The van der Waals surface area contributed by atoms with E-state index in [0.717, 1.165) is 17.2 Å². The van der Waals surface area contributed by atoms with Gasteiger partial charge < -0.3 is 9.64 Å². The predicted octanol–water partition coefficient (Wildman–Crippen LogP) is 5.02. The van der Waals surface area contributed by atoms with Crippen LogP contribution in [0.2, 0.25) is 0 Å². The molecule has 0 fully saturated rings. The Morgan fingerprint density at radius 2 is 1.82 bits per heavy atom. The summed E-state index contributed by atoms with van der Waals surface area (Å²) >= 11 is 0. The van der Waals surface area contributed by atoms with Gasteiger partial charge in [0.15, 0.2) is 0 Å². The number of carbonyl (C=O) groups is 2. The summed E-state index contributed by atoms with van der Waals surface area (Å²) in [5.74, 6) is -0.467. The van der Waals surface area contributed by atoms with Crippen molar-refractivity contribution in [3.8, 4) is 16.9 Å². The zero-order valence-electron chi connectivity index (χ0n) is 16.0. The number of benzene rings is 2. The van der Waals surface area contributed by atoms with Crippen LogP contribution in [0.4, 0.5) is 18.9 Å². The standard InChI is InChI=1S/C21H20F3NO3/c1-12-7-16-17(25(4)19(27)10-20(16,2)3)9-14(12)15-8-13(11-26)5-6-18(15)28-21(22,23)24/h5-9,11H,10H2,1-4H3. The number of rotatable bonds is 3. The van der Waals surface area contributed by atoms with E-state index >= 15 is 0 Å². The molecule has 0 saturated heterocycles. The predicted molar refractivity (Wildman–Crippen MR) is 99.7 cm³/mol. The van der Waals surface area contributed by atoms with Crippen LogP contribution in [0.5, 0.6) is 5.75 Å². The molecule has 0 spiro atoms. The van der Waals surface area contributed by atoms with Crippen LogP contribution in [0.3, 0.4) is 0 Å². The van der Waals surface area contributed by atoms with E-state index in [-0.39, 0.29) is 17.0 Å². The van der Waals surface area contributed by atoms with Gasteiger partial charge in [-0.2, -0.15) is 0 Å². The van der Waals surface area contributed by atoms with Crippen molar-refractivity contribution >= 4 is 17.9 Å². The van der Waals surface area contributed by atoms with Gasteiger partial charge in [0.25, 0.3) is 0 Å². The van der Waals surface area contributed by atoms with Gasteiger partial charge in [-0.15, -0.1) is 13.2 Å². The maximum absolute atomic E-state index is 12.9. The maximum atomic E-state index is 12.9. The number of hydrogen-bond acceptors (Lipinski definition) is 3. The Labute approximate surface area is 160 Å². The molecule has 1 aliphatic rings. The van der Waals surface area contributed by atoms with Gasteiger partial charge in [-0.25, -0.2) is 0 Å². The SMILES string of the molecule is Cc1cc2c(cc1-c1cc(C=O)ccc1OC(F)(F)F)N(C)C(=O)CC2(C)C. The summed E-state index contributed by atoms with van der Waals surface area (Å²) in [6, 6.07) is 7.34. The van der Waals surface area contributed by atoms with Crippen LogP contribution in [-0.2, 0) is 10.2 Å². The number of halogens is 3. The van der Waals surface area contributed by atoms with Crippen LogP contribution in [0.1, 0.15) is 41.8 Å². The zero-order valence-corrected chi connectivity index (χ0v) is 16.0. The molecule has 28 heavy (non-hydrogen) atoms. The number of amides is 1. The summed E-state index contributed by atoms with van der Waals surface area (Å²) in [4.78, 5) is 25.0. The van der Waals surface area contributed by atoms with Gasteiger partial charge >= 0.3 is 6.36 Å². The summed E-state index contributed by atoms with van der Waals surface area (Å²) in [5, 5.41) is 0. The summed E-state index contributed by atoms with van der Waals surface area (Å²) in [5.41, 5.74) is 2.76. The summed E-state index contributed by atoms with van der Waals surface area (Å²) in [6.45, 7) is 5.70. The van der Waals surface area contributed by atoms with Crippen molar-refractivity contribution in [2.24, 2.45) is 0 Å². The summed E-state index contributed by atoms with van der Waals surface area (Å²) in [7, 11) is 1.64. The lowest BCUT2D eigenvalue weighted by Gasteiger charge is -2.37. The fourth-order valence-electron chi connectivity index (χ4n) is 3.58. The molecule has 0 unspecified atom stereocenters. The van der Waals surface area contributed by atoms with Crippen LogP contribution in [-0.4, -0.2) is 25.6 Å². The van der Waals surface area contributed by atoms with Crippen molar-refractivity contribution < 1.29 is 27.5 Å². The molecule has 4 nitrogen and oxygen atoms in total. The van der Waals surface area contributed by atoms with E-state index in [2.05, 4.69) is 4.74 Å². The van der Waals surface area contributed by atoms with Crippen LogP contribution in [0.15, 0.2) is 30.3 Å². The van der Waals surface area contributed by atoms with Crippen molar-refractivity contribution in [1.82, 2.24) is 0 Å². The van der Waals surface area contributed by atoms with Gasteiger partial charge in [-0.3, -0.25) is 9.59 Å². The Morgan fingerprint density at radius 3 is 2.43 bits per heavy atom. The number of hydrogen-bond donors (Lipinski definition) is 0. The normalized spacial score (nSPS) is 16.0. The summed E-state index contributed by atoms with van der Waals surface area (Å²) < 4.78 is 42.8. The van der Waals surface area contributed by atoms with E-state index in [0.29, 0.717) is 24.0 Å². The first-order valence-corrected chi connectivity index (χ1v) is 8.70. The highest BCUT2D eigenvalue weighted by atomic mass is 19.4. The second-order valence-corrected chi connectivity index (χ2v) is 7.62. The number of fused-ring (bicyclic) bond motifs is 1. The monoisotopic (exact) mass is 391 g/mol. The van der Waals surface area contributed by atoms with Crippen molar-refractivity contribution in [2.45, 2.75) is 39.0 Å². The highest BCUT2D eigenvalue weighted by Gasteiger charge is 2.36. The number of ether oxygens (including phenoxy) is 1. The molecule has 0 aromatic heterocycles. The molecule has 1 heterocycles. The van der Waals surface area contributed by atoms with E-state index in [9.17, 15) is 22.8 Å². The Morgan fingerprint density at radius 1 is 1.14 bits per heavy atom.